The minimum absolute atomic E-state index is 0.00205. The van der Waals surface area contributed by atoms with Gasteiger partial charge >= 0.3 is 0 Å². The molecule has 0 spiro atoms. The maximum Gasteiger partial charge on any atom is 0.241 e. The summed E-state index contributed by atoms with van der Waals surface area (Å²) in [5.41, 5.74) is 2.10. The molecule has 1 N–H and O–H groups in total. The standard InChI is InChI=1S/C20H21N3O2S/c24-19-12-22(11-10-21-19)13-20(25)23-16-8-4-5-9-18(16)26-14-17(23)15-6-2-1-3-7-15/h1-9,17H,10-14H2,(H,21,24)/t17-/m0/s1. The molecule has 0 aliphatic carbocycles. The third-order valence-electron chi connectivity index (χ3n) is 4.76. The Hall–Kier alpha value is -2.31. The fourth-order valence-corrected chi connectivity index (χ4v) is 4.68. The van der Waals surface area contributed by atoms with E-state index in [1.807, 2.05) is 46.2 Å². The van der Waals surface area contributed by atoms with Gasteiger partial charge in [-0.1, -0.05) is 42.5 Å². The van der Waals surface area contributed by atoms with Gasteiger partial charge in [0.15, 0.2) is 0 Å². The van der Waals surface area contributed by atoms with Gasteiger partial charge < -0.3 is 10.2 Å². The summed E-state index contributed by atoms with van der Waals surface area (Å²) in [4.78, 5) is 29.9. The highest BCUT2D eigenvalue weighted by Gasteiger charge is 2.33. The molecule has 0 unspecified atom stereocenters. The number of amides is 2. The molecule has 1 saturated heterocycles. The van der Waals surface area contributed by atoms with E-state index in [0.717, 1.165) is 21.9 Å². The Labute approximate surface area is 157 Å². The second-order valence-corrected chi connectivity index (χ2v) is 7.59. The van der Waals surface area contributed by atoms with E-state index >= 15 is 0 Å². The summed E-state index contributed by atoms with van der Waals surface area (Å²) in [6.07, 6.45) is 0. The molecule has 6 heteroatoms. The zero-order valence-electron chi connectivity index (χ0n) is 14.4. The zero-order chi connectivity index (χ0) is 17.9. The number of piperazine rings is 1. The number of hydrogen-bond donors (Lipinski definition) is 1. The van der Waals surface area contributed by atoms with Crippen LogP contribution in [-0.2, 0) is 9.59 Å². The molecule has 2 aliphatic heterocycles. The number of nitrogens with zero attached hydrogens (tertiary/aromatic N) is 2. The first-order valence-corrected chi connectivity index (χ1v) is 9.79. The lowest BCUT2D eigenvalue weighted by Crippen LogP contribution is -2.52. The first-order chi connectivity index (χ1) is 12.7. The van der Waals surface area contributed by atoms with Crippen LogP contribution >= 0.6 is 11.8 Å². The van der Waals surface area contributed by atoms with Crippen molar-refractivity contribution in [2.24, 2.45) is 0 Å². The number of hydrogen-bond acceptors (Lipinski definition) is 4. The number of thioether (sulfide) groups is 1. The first-order valence-electron chi connectivity index (χ1n) is 8.80. The molecular weight excluding hydrogens is 346 g/mol. The van der Waals surface area contributed by atoms with Gasteiger partial charge in [-0.2, -0.15) is 0 Å². The Morgan fingerprint density at radius 3 is 2.69 bits per heavy atom. The van der Waals surface area contributed by atoms with Gasteiger partial charge in [0.1, 0.15) is 0 Å². The summed E-state index contributed by atoms with van der Waals surface area (Å²) < 4.78 is 0. The molecule has 2 aliphatic rings. The van der Waals surface area contributed by atoms with Gasteiger partial charge in [-0.15, -0.1) is 11.8 Å². The lowest BCUT2D eigenvalue weighted by molar-refractivity contribution is -0.126. The number of fused-ring (bicyclic) bond motifs is 1. The summed E-state index contributed by atoms with van der Waals surface area (Å²) in [7, 11) is 0. The average Bonchev–Trinajstić information content (AvgIpc) is 2.67. The van der Waals surface area contributed by atoms with Crippen molar-refractivity contribution in [1.29, 1.82) is 0 Å². The first kappa shape index (κ1) is 17.1. The molecule has 1 atom stereocenters. The second kappa shape index (κ2) is 7.51. The maximum absolute atomic E-state index is 13.3. The second-order valence-electron chi connectivity index (χ2n) is 6.53. The summed E-state index contributed by atoms with van der Waals surface area (Å²) in [5, 5.41) is 2.81. The Kier molecular flexibility index (Phi) is 4.95. The van der Waals surface area contributed by atoms with Crippen molar-refractivity contribution in [2.45, 2.75) is 10.9 Å². The predicted molar refractivity (Wildman–Crippen MR) is 103 cm³/mol. The van der Waals surface area contributed by atoms with Gasteiger partial charge in [-0.25, -0.2) is 0 Å². The SMILES string of the molecule is O=C1CN(CC(=O)N2c3ccccc3SC[C@H]2c2ccccc2)CCN1. The molecule has 1 fully saturated rings. The molecule has 2 aromatic carbocycles. The molecule has 26 heavy (non-hydrogen) atoms. The number of benzene rings is 2. The summed E-state index contributed by atoms with van der Waals surface area (Å²) in [6, 6.07) is 18.2. The van der Waals surface area contributed by atoms with Gasteiger partial charge in [0, 0.05) is 23.7 Å². The molecule has 4 rings (SSSR count). The molecule has 0 aromatic heterocycles. The third kappa shape index (κ3) is 3.48. The summed E-state index contributed by atoms with van der Waals surface area (Å²) >= 11 is 1.79. The highest BCUT2D eigenvalue weighted by Crippen LogP contribution is 2.43. The number of para-hydroxylation sites is 1. The van der Waals surface area contributed by atoms with Crippen molar-refractivity contribution in [1.82, 2.24) is 10.2 Å². The molecule has 2 heterocycles. The summed E-state index contributed by atoms with van der Waals surface area (Å²) in [6.45, 7) is 1.85. The zero-order valence-corrected chi connectivity index (χ0v) is 15.2. The minimum atomic E-state index is -0.0155. The fraction of sp³-hybridized carbons (Fsp3) is 0.300. The third-order valence-corrected chi connectivity index (χ3v) is 5.90. The van der Waals surface area contributed by atoms with E-state index in [0.29, 0.717) is 13.1 Å². The van der Waals surface area contributed by atoms with Crippen LogP contribution in [0.3, 0.4) is 0 Å². The average molecular weight is 367 g/mol. The van der Waals surface area contributed by atoms with Crippen LogP contribution in [0.2, 0.25) is 0 Å². The highest BCUT2D eigenvalue weighted by atomic mass is 32.2. The van der Waals surface area contributed by atoms with E-state index in [2.05, 4.69) is 23.5 Å². The molecule has 2 amide bonds. The smallest absolute Gasteiger partial charge is 0.241 e. The van der Waals surface area contributed by atoms with E-state index < -0.39 is 0 Å². The number of rotatable bonds is 3. The highest BCUT2D eigenvalue weighted by molar-refractivity contribution is 7.99. The Morgan fingerprint density at radius 2 is 1.88 bits per heavy atom. The monoisotopic (exact) mass is 367 g/mol. The van der Waals surface area contributed by atoms with Crippen molar-refractivity contribution in [3.05, 3.63) is 60.2 Å². The number of anilines is 1. The predicted octanol–water partition coefficient (Wildman–Crippen LogP) is 2.30. The molecular formula is C20H21N3O2S. The Balaban J connectivity index is 1.64. The lowest BCUT2D eigenvalue weighted by atomic mass is 10.1. The van der Waals surface area contributed by atoms with Crippen LogP contribution in [0.25, 0.3) is 0 Å². The van der Waals surface area contributed by atoms with Crippen LogP contribution in [0, 0.1) is 0 Å². The molecule has 0 radical (unpaired) electrons. The van der Waals surface area contributed by atoms with Crippen molar-refractivity contribution < 1.29 is 9.59 Å². The van der Waals surface area contributed by atoms with Crippen molar-refractivity contribution in [3.63, 3.8) is 0 Å². The van der Waals surface area contributed by atoms with Crippen molar-refractivity contribution in [2.75, 3.05) is 36.8 Å². The molecule has 134 valence electrons. The molecule has 0 saturated carbocycles. The van der Waals surface area contributed by atoms with Gasteiger partial charge in [0.25, 0.3) is 0 Å². The Morgan fingerprint density at radius 1 is 1.12 bits per heavy atom. The molecule has 0 bridgehead atoms. The van der Waals surface area contributed by atoms with Crippen LogP contribution in [0.15, 0.2) is 59.5 Å². The number of carbonyl (C=O) groups excluding carboxylic acids is 2. The van der Waals surface area contributed by atoms with Crippen LogP contribution in [0.4, 0.5) is 5.69 Å². The van der Waals surface area contributed by atoms with E-state index in [-0.39, 0.29) is 30.9 Å². The number of carbonyl (C=O) groups is 2. The van der Waals surface area contributed by atoms with E-state index in [1.165, 1.54) is 0 Å². The summed E-state index contributed by atoms with van der Waals surface area (Å²) in [5.74, 6) is 0.854. The molecule has 5 nitrogen and oxygen atoms in total. The van der Waals surface area contributed by atoms with Crippen LogP contribution < -0.4 is 10.2 Å². The van der Waals surface area contributed by atoms with E-state index in [4.69, 9.17) is 0 Å². The largest absolute Gasteiger partial charge is 0.354 e. The van der Waals surface area contributed by atoms with Gasteiger partial charge in [0.2, 0.25) is 11.8 Å². The Bertz CT molecular complexity index is 812. The fourth-order valence-electron chi connectivity index (χ4n) is 3.51. The van der Waals surface area contributed by atoms with Crippen LogP contribution in [-0.4, -0.2) is 48.6 Å². The molecule has 2 aromatic rings. The van der Waals surface area contributed by atoms with Crippen molar-refractivity contribution >= 4 is 29.3 Å². The van der Waals surface area contributed by atoms with Crippen molar-refractivity contribution in [3.8, 4) is 0 Å². The topological polar surface area (TPSA) is 52.7 Å². The van der Waals surface area contributed by atoms with Gasteiger partial charge in [-0.3, -0.25) is 14.5 Å². The number of nitrogens with one attached hydrogen (secondary N) is 1. The minimum Gasteiger partial charge on any atom is -0.354 e. The lowest BCUT2D eigenvalue weighted by Gasteiger charge is -2.38. The van der Waals surface area contributed by atoms with Crippen LogP contribution in [0.1, 0.15) is 11.6 Å². The van der Waals surface area contributed by atoms with Gasteiger partial charge in [-0.05, 0) is 17.7 Å². The quantitative estimate of drug-likeness (QED) is 0.904. The maximum atomic E-state index is 13.3. The van der Waals surface area contributed by atoms with E-state index in [1.54, 1.807) is 11.8 Å². The van der Waals surface area contributed by atoms with E-state index in [9.17, 15) is 9.59 Å². The van der Waals surface area contributed by atoms with Gasteiger partial charge in [0.05, 0.1) is 24.8 Å². The normalized spacial score (nSPS) is 20.4. The van der Waals surface area contributed by atoms with Crippen LogP contribution in [0.5, 0.6) is 0 Å².